The summed E-state index contributed by atoms with van der Waals surface area (Å²) in [7, 11) is 1.77. The van der Waals surface area contributed by atoms with Gasteiger partial charge in [0.25, 0.3) is 0 Å². The smallest absolute Gasteiger partial charge is 0.309 e. The first-order valence-electron chi connectivity index (χ1n) is 10.6. The second-order valence-electron chi connectivity index (χ2n) is 7.61. The van der Waals surface area contributed by atoms with Crippen LogP contribution in [0.3, 0.4) is 0 Å². The van der Waals surface area contributed by atoms with Crippen LogP contribution in [0.4, 0.5) is 0 Å². The van der Waals surface area contributed by atoms with Gasteiger partial charge in [0.05, 0.1) is 12.5 Å². The van der Waals surface area contributed by atoms with Crippen molar-refractivity contribution in [2.45, 2.75) is 45.7 Å². The van der Waals surface area contributed by atoms with Crippen LogP contribution in [0.2, 0.25) is 0 Å². The van der Waals surface area contributed by atoms with Crippen molar-refractivity contribution in [2.24, 2.45) is 10.9 Å². The molecular weight excluding hydrogens is 495 g/mol. The Morgan fingerprint density at radius 3 is 2.33 bits per heavy atom. The van der Waals surface area contributed by atoms with E-state index in [0.29, 0.717) is 19.6 Å². The summed E-state index contributed by atoms with van der Waals surface area (Å²) in [5, 5.41) is 3.36. The maximum Gasteiger partial charge on any atom is 0.309 e. The van der Waals surface area contributed by atoms with Crippen LogP contribution in [-0.2, 0) is 27.4 Å². The molecule has 1 saturated heterocycles. The van der Waals surface area contributed by atoms with Crippen LogP contribution in [0, 0.1) is 5.92 Å². The molecule has 0 saturated carbocycles. The lowest BCUT2D eigenvalue weighted by atomic mass is 9.97. The van der Waals surface area contributed by atoms with E-state index < -0.39 is 0 Å². The van der Waals surface area contributed by atoms with Gasteiger partial charge in [0.2, 0.25) is 5.91 Å². The number of carbonyl (C=O) groups excluding carboxylic acids is 2. The molecule has 3 rings (SSSR count). The van der Waals surface area contributed by atoms with Gasteiger partial charge in [0.1, 0.15) is 0 Å². The zero-order valence-corrected chi connectivity index (χ0v) is 20.3. The summed E-state index contributed by atoms with van der Waals surface area (Å²) >= 11 is 0. The summed E-state index contributed by atoms with van der Waals surface area (Å²) in [5.74, 6) is 0.950. The molecule has 1 fully saturated rings. The molecule has 1 aromatic rings. The molecule has 0 radical (unpaired) electrons. The predicted molar refractivity (Wildman–Crippen MR) is 128 cm³/mol. The van der Waals surface area contributed by atoms with E-state index in [4.69, 9.17) is 4.74 Å². The largest absolute Gasteiger partial charge is 0.466 e. The normalized spacial score (nSPS) is 16.7. The average Bonchev–Trinajstić information content (AvgIpc) is 3.18. The van der Waals surface area contributed by atoms with Crippen molar-refractivity contribution >= 4 is 41.8 Å². The molecule has 0 bridgehead atoms. The van der Waals surface area contributed by atoms with Crippen molar-refractivity contribution in [3.63, 3.8) is 0 Å². The highest BCUT2D eigenvalue weighted by atomic mass is 127. The third-order valence-corrected chi connectivity index (χ3v) is 5.67. The van der Waals surface area contributed by atoms with Crippen molar-refractivity contribution in [3.8, 4) is 0 Å². The van der Waals surface area contributed by atoms with E-state index in [-0.39, 0.29) is 41.8 Å². The number of amides is 1. The molecule has 7 nitrogen and oxygen atoms in total. The van der Waals surface area contributed by atoms with E-state index in [1.54, 1.807) is 7.05 Å². The summed E-state index contributed by atoms with van der Waals surface area (Å²) in [6.45, 7) is 5.99. The minimum Gasteiger partial charge on any atom is -0.466 e. The first kappa shape index (κ1) is 24.4. The Balaban J connectivity index is 0.00000320. The van der Waals surface area contributed by atoms with Crippen LogP contribution < -0.4 is 5.32 Å². The highest BCUT2D eigenvalue weighted by Crippen LogP contribution is 2.23. The van der Waals surface area contributed by atoms with Gasteiger partial charge in [-0.05, 0) is 37.3 Å². The first-order valence-corrected chi connectivity index (χ1v) is 10.6. The number of fused-ring (bicyclic) bond motifs is 1. The number of ether oxygens (including phenoxy) is 1. The van der Waals surface area contributed by atoms with Gasteiger partial charge in [-0.15, -0.1) is 24.0 Å². The lowest BCUT2D eigenvalue weighted by molar-refractivity contribution is -0.149. The Labute approximate surface area is 196 Å². The summed E-state index contributed by atoms with van der Waals surface area (Å²) < 4.78 is 5.13. The summed E-state index contributed by atoms with van der Waals surface area (Å²) in [6.07, 6.45) is 2.87. The summed E-state index contributed by atoms with van der Waals surface area (Å²) in [4.78, 5) is 32.8. The monoisotopic (exact) mass is 528 g/mol. The van der Waals surface area contributed by atoms with E-state index in [2.05, 4.69) is 27.3 Å². The van der Waals surface area contributed by atoms with Crippen molar-refractivity contribution in [3.05, 3.63) is 35.4 Å². The van der Waals surface area contributed by atoms with Crippen molar-refractivity contribution < 1.29 is 14.3 Å². The van der Waals surface area contributed by atoms with Gasteiger partial charge in [-0.3, -0.25) is 14.6 Å². The molecule has 0 aliphatic carbocycles. The Kier molecular flexibility index (Phi) is 9.87. The van der Waals surface area contributed by atoms with Crippen molar-refractivity contribution in [1.29, 1.82) is 0 Å². The number of hydrogen-bond donors (Lipinski definition) is 1. The molecule has 1 aromatic carbocycles. The summed E-state index contributed by atoms with van der Waals surface area (Å²) in [5.41, 5.74) is 2.51. The maximum atomic E-state index is 12.5. The number of halogens is 1. The zero-order valence-electron chi connectivity index (χ0n) is 17.9. The SMILES string of the molecule is CCOC(=O)C1CCN(C(=NC)NCCCC(=O)N2Cc3ccccc3C2)CC1.I. The second-order valence-corrected chi connectivity index (χ2v) is 7.61. The number of carbonyl (C=O) groups is 2. The third-order valence-electron chi connectivity index (χ3n) is 5.67. The fraction of sp³-hybridized carbons (Fsp3) is 0.591. The minimum atomic E-state index is -0.0855. The topological polar surface area (TPSA) is 74.2 Å². The average molecular weight is 528 g/mol. The number of nitrogens with one attached hydrogen (secondary N) is 1. The molecule has 1 amide bonds. The van der Waals surface area contributed by atoms with Crippen LogP contribution in [0.15, 0.2) is 29.3 Å². The molecular formula is C22H33IN4O3. The Morgan fingerprint density at radius 1 is 1.13 bits per heavy atom. The Morgan fingerprint density at radius 2 is 1.77 bits per heavy atom. The van der Waals surface area contributed by atoms with Crippen molar-refractivity contribution in [1.82, 2.24) is 15.1 Å². The highest BCUT2D eigenvalue weighted by molar-refractivity contribution is 14.0. The third kappa shape index (κ3) is 6.33. The highest BCUT2D eigenvalue weighted by Gasteiger charge is 2.27. The molecule has 0 aromatic heterocycles. The second kappa shape index (κ2) is 12.1. The van der Waals surface area contributed by atoms with Crippen LogP contribution >= 0.6 is 24.0 Å². The van der Waals surface area contributed by atoms with E-state index in [9.17, 15) is 9.59 Å². The molecule has 0 unspecified atom stereocenters. The van der Waals surface area contributed by atoms with E-state index in [1.807, 2.05) is 24.0 Å². The van der Waals surface area contributed by atoms with Gasteiger partial charge in [-0.1, -0.05) is 24.3 Å². The lowest BCUT2D eigenvalue weighted by Gasteiger charge is -2.33. The molecule has 30 heavy (non-hydrogen) atoms. The van der Waals surface area contributed by atoms with E-state index >= 15 is 0 Å². The van der Waals surface area contributed by atoms with E-state index in [0.717, 1.165) is 51.4 Å². The van der Waals surface area contributed by atoms with Crippen LogP contribution in [0.1, 0.15) is 43.7 Å². The Bertz CT molecular complexity index is 723. The van der Waals surface area contributed by atoms with Crippen molar-refractivity contribution in [2.75, 3.05) is 33.3 Å². The quantitative estimate of drug-likeness (QED) is 0.202. The van der Waals surface area contributed by atoms with Gasteiger partial charge in [-0.2, -0.15) is 0 Å². The molecule has 166 valence electrons. The number of aliphatic imine (C=N–C) groups is 1. The number of esters is 1. The molecule has 2 aliphatic rings. The molecule has 2 heterocycles. The number of likely N-dealkylation sites (tertiary alicyclic amines) is 1. The number of nitrogens with zero attached hydrogens (tertiary/aromatic N) is 3. The minimum absolute atomic E-state index is 0. The van der Waals surface area contributed by atoms with Crippen LogP contribution in [0.25, 0.3) is 0 Å². The van der Waals surface area contributed by atoms with Crippen LogP contribution in [0.5, 0.6) is 0 Å². The fourth-order valence-electron chi connectivity index (χ4n) is 4.03. The van der Waals surface area contributed by atoms with Gasteiger partial charge in [-0.25, -0.2) is 0 Å². The molecule has 2 aliphatic heterocycles. The van der Waals surface area contributed by atoms with Gasteiger partial charge >= 0.3 is 5.97 Å². The van der Waals surface area contributed by atoms with E-state index in [1.165, 1.54) is 11.1 Å². The van der Waals surface area contributed by atoms with Gasteiger partial charge < -0.3 is 19.9 Å². The molecule has 0 atom stereocenters. The molecule has 0 spiro atoms. The number of hydrogen-bond acceptors (Lipinski definition) is 4. The Hall–Kier alpha value is -1.84. The maximum absolute atomic E-state index is 12.5. The fourth-order valence-corrected chi connectivity index (χ4v) is 4.03. The van der Waals surface area contributed by atoms with Gasteiger partial charge in [0.15, 0.2) is 5.96 Å². The number of benzene rings is 1. The van der Waals surface area contributed by atoms with Gasteiger partial charge in [0, 0.05) is 46.2 Å². The zero-order chi connectivity index (χ0) is 20.6. The number of piperidine rings is 1. The number of guanidine groups is 1. The molecule has 1 N–H and O–H groups in total. The standard InChI is InChI=1S/C22H32N4O3.HI/c1-3-29-21(28)17-10-13-25(14-11-17)22(23-2)24-12-6-9-20(27)26-15-18-7-4-5-8-19(18)16-26;/h4-5,7-8,17H,3,6,9-16H2,1-2H3,(H,23,24);1H. The summed E-state index contributed by atoms with van der Waals surface area (Å²) in [6, 6.07) is 8.24. The van der Waals surface area contributed by atoms with Crippen LogP contribution in [-0.4, -0.2) is 60.9 Å². The number of rotatable bonds is 6. The first-order chi connectivity index (χ1) is 14.1. The molecule has 8 heteroatoms. The predicted octanol–water partition coefficient (Wildman–Crippen LogP) is 2.78. The lowest BCUT2D eigenvalue weighted by Crippen LogP contribution is -2.47.